The molecule has 1 aliphatic heterocycles. The van der Waals surface area contributed by atoms with E-state index in [0.29, 0.717) is 5.92 Å². The Balaban J connectivity index is 2.13. The zero-order chi connectivity index (χ0) is 11.7. The fourth-order valence-electron chi connectivity index (χ4n) is 2.43. The van der Waals surface area contributed by atoms with Crippen LogP contribution in [0.25, 0.3) is 0 Å². The average Bonchev–Trinajstić information content (AvgIpc) is 2.39. The molecule has 1 aliphatic rings. The van der Waals surface area contributed by atoms with Crippen molar-refractivity contribution >= 4 is 34.4 Å². The van der Waals surface area contributed by atoms with Crippen LogP contribution in [0.3, 0.4) is 0 Å². The zero-order valence-corrected chi connectivity index (χ0v) is 12.4. The Bertz CT molecular complexity index is 490. The molecule has 0 amide bonds. The molecule has 1 heterocycles. The third-order valence-corrected chi connectivity index (χ3v) is 5.01. The van der Waals surface area contributed by atoms with E-state index in [-0.39, 0.29) is 0 Å². The maximum absolute atomic E-state index is 2.48. The Morgan fingerprint density at radius 3 is 1.94 bits per heavy atom. The summed E-state index contributed by atoms with van der Waals surface area (Å²) in [7, 11) is 0. The standard InChI is InChI=1S/C15H13IS/c16-10-9-11-12-5-1-3-7-14(12)17-15-8-4-2-6-13(11)15/h1-8,11H,9-10H2. The highest BCUT2D eigenvalue weighted by Crippen LogP contribution is 2.46. The predicted molar refractivity (Wildman–Crippen MR) is 82.4 cm³/mol. The minimum Gasteiger partial charge on any atom is -0.0895 e. The molecule has 17 heavy (non-hydrogen) atoms. The van der Waals surface area contributed by atoms with Crippen molar-refractivity contribution in [2.24, 2.45) is 0 Å². The summed E-state index contributed by atoms with van der Waals surface area (Å²) in [5.41, 5.74) is 3.01. The highest BCUT2D eigenvalue weighted by atomic mass is 127. The van der Waals surface area contributed by atoms with Crippen LogP contribution in [0.15, 0.2) is 58.3 Å². The normalized spacial score (nSPS) is 14.2. The van der Waals surface area contributed by atoms with Crippen molar-refractivity contribution in [1.82, 2.24) is 0 Å². The number of rotatable bonds is 2. The van der Waals surface area contributed by atoms with E-state index in [0.717, 1.165) is 0 Å². The lowest BCUT2D eigenvalue weighted by Gasteiger charge is -2.27. The van der Waals surface area contributed by atoms with Gasteiger partial charge in [-0.05, 0) is 29.7 Å². The van der Waals surface area contributed by atoms with Gasteiger partial charge in [-0.2, -0.15) is 0 Å². The molecular formula is C15H13IS. The summed E-state index contributed by atoms with van der Waals surface area (Å²) in [6.45, 7) is 0. The summed E-state index contributed by atoms with van der Waals surface area (Å²) in [6, 6.07) is 17.7. The van der Waals surface area contributed by atoms with E-state index in [1.165, 1.54) is 31.8 Å². The van der Waals surface area contributed by atoms with Crippen molar-refractivity contribution in [2.75, 3.05) is 4.43 Å². The Morgan fingerprint density at radius 1 is 0.882 bits per heavy atom. The molecule has 0 atom stereocenters. The molecule has 0 saturated carbocycles. The van der Waals surface area contributed by atoms with Crippen LogP contribution in [0.5, 0.6) is 0 Å². The first-order valence-electron chi connectivity index (χ1n) is 5.82. The van der Waals surface area contributed by atoms with Crippen LogP contribution in [-0.2, 0) is 0 Å². The molecule has 0 fully saturated rings. The summed E-state index contributed by atoms with van der Waals surface area (Å²) in [5, 5.41) is 0. The van der Waals surface area contributed by atoms with Crippen molar-refractivity contribution in [3.63, 3.8) is 0 Å². The summed E-state index contributed by atoms with van der Waals surface area (Å²) in [4.78, 5) is 2.86. The van der Waals surface area contributed by atoms with Crippen molar-refractivity contribution in [3.05, 3.63) is 59.7 Å². The van der Waals surface area contributed by atoms with Crippen LogP contribution in [0, 0.1) is 0 Å². The second-order valence-corrected chi connectivity index (χ2v) is 6.37. The molecule has 0 aliphatic carbocycles. The van der Waals surface area contributed by atoms with Gasteiger partial charge in [-0.1, -0.05) is 70.8 Å². The van der Waals surface area contributed by atoms with Gasteiger partial charge in [0.2, 0.25) is 0 Å². The molecule has 3 rings (SSSR count). The first-order valence-corrected chi connectivity index (χ1v) is 8.16. The maximum Gasteiger partial charge on any atom is 0.0160 e. The molecule has 0 N–H and O–H groups in total. The molecule has 0 bridgehead atoms. The maximum atomic E-state index is 2.48. The molecule has 86 valence electrons. The highest BCUT2D eigenvalue weighted by Gasteiger charge is 2.24. The number of hydrogen-bond donors (Lipinski definition) is 0. The molecule has 2 aromatic carbocycles. The van der Waals surface area contributed by atoms with Gasteiger partial charge in [0.1, 0.15) is 0 Å². The molecule has 0 nitrogen and oxygen atoms in total. The van der Waals surface area contributed by atoms with Gasteiger partial charge in [0.15, 0.2) is 0 Å². The Kier molecular flexibility index (Phi) is 3.43. The molecule has 0 radical (unpaired) electrons. The first-order chi connectivity index (χ1) is 8.40. The van der Waals surface area contributed by atoms with Gasteiger partial charge in [-0.15, -0.1) is 0 Å². The molecule has 0 saturated heterocycles. The monoisotopic (exact) mass is 352 g/mol. The van der Waals surface area contributed by atoms with E-state index in [4.69, 9.17) is 0 Å². The van der Waals surface area contributed by atoms with E-state index in [9.17, 15) is 0 Å². The fraction of sp³-hybridized carbons (Fsp3) is 0.200. The Hall–Kier alpha value is -0.480. The first kappa shape index (κ1) is 11.6. The minimum absolute atomic E-state index is 0.584. The molecule has 0 spiro atoms. The third-order valence-electron chi connectivity index (χ3n) is 3.21. The second-order valence-electron chi connectivity index (χ2n) is 4.21. The van der Waals surface area contributed by atoms with Gasteiger partial charge in [-0.25, -0.2) is 0 Å². The zero-order valence-electron chi connectivity index (χ0n) is 9.40. The van der Waals surface area contributed by atoms with Gasteiger partial charge < -0.3 is 0 Å². The van der Waals surface area contributed by atoms with Crippen LogP contribution in [0.4, 0.5) is 0 Å². The smallest absolute Gasteiger partial charge is 0.0160 e. The highest BCUT2D eigenvalue weighted by molar-refractivity contribution is 14.1. The number of alkyl halides is 1. The van der Waals surface area contributed by atoms with Gasteiger partial charge in [-0.3, -0.25) is 0 Å². The van der Waals surface area contributed by atoms with Crippen molar-refractivity contribution in [2.45, 2.75) is 22.1 Å². The molecule has 0 unspecified atom stereocenters. The topological polar surface area (TPSA) is 0 Å². The van der Waals surface area contributed by atoms with Crippen LogP contribution in [0.2, 0.25) is 0 Å². The minimum atomic E-state index is 0.584. The van der Waals surface area contributed by atoms with Crippen LogP contribution in [0.1, 0.15) is 23.5 Å². The van der Waals surface area contributed by atoms with Gasteiger partial charge >= 0.3 is 0 Å². The van der Waals surface area contributed by atoms with Crippen molar-refractivity contribution in [3.8, 4) is 0 Å². The van der Waals surface area contributed by atoms with Crippen LogP contribution >= 0.6 is 34.4 Å². The third kappa shape index (κ3) is 2.13. The summed E-state index contributed by atoms with van der Waals surface area (Å²) in [5.74, 6) is 0.584. The van der Waals surface area contributed by atoms with E-state index in [1.54, 1.807) is 0 Å². The number of fused-ring (bicyclic) bond motifs is 2. The van der Waals surface area contributed by atoms with Gasteiger partial charge in [0, 0.05) is 20.1 Å². The van der Waals surface area contributed by atoms with Crippen LogP contribution in [-0.4, -0.2) is 4.43 Å². The number of hydrogen-bond acceptors (Lipinski definition) is 1. The lowest BCUT2D eigenvalue weighted by atomic mass is 9.88. The Morgan fingerprint density at radius 2 is 1.41 bits per heavy atom. The largest absolute Gasteiger partial charge is 0.0895 e. The second kappa shape index (κ2) is 5.02. The molecular weight excluding hydrogens is 339 g/mol. The molecule has 0 aromatic heterocycles. The van der Waals surface area contributed by atoms with Gasteiger partial charge in [0.25, 0.3) is 0 Å². The quantitative estimate of drug-likeness (QED) is 0.535. The van der Waals surface area contributed by atoms with E-state index in [2.05, 4.69) is 71.1 Å². The average molecular weight is 352 g/mol. The summed E-state index contributed by atoms with van der Waals surface area (Å²) in [6.07, 6.45) is 1.23. The SMILES string of the molecule is ICCC1c2ccccc2Sc2ccccc21. The van der Waals surface area contributed by atoms with E-state index >= 15 is 0 Å². The van der Waals surface area contributed by atoms with E-state index < -0.39 is 0 Å². The van der Waals surface area contributed by atoms with Crippen molar-refractivity contribution in [1.29, 1.82) is 0 Å². The summed E-state index contributed by atoms with van der Waals surface area (Å²) < 4.78 is 1.20. The fourth-order valence-corrected chi connectivity index (χ4v) is 4.24. The molecule has 2 aromatic rings. The Labute approximate surface area is 120 Å². The van der Waals surface area contributed by atoms with E-state index in [1.807, 2.05) is 11.8 Å². The lowest BCUT2D eigenvalue weighted by Crippen LogP contribution is -2.08. The lowest BCUT2D eigenvalue weighted by molar-refractivity contribution is 0.752. The van der Waals surface area contributed by atoms with Gasteiger partial charge in [0.05, 0.1) is 0 Å². The van der Waals surface area contributed by atoms with Crippen molar-refractivity contribution < 1.29 is 0 Å². The number of benzene rings is 2. The summed E-state index contributed by atoms with van der Waals surface area (Å²) >= 11 is 4.39. The number of halogens is 1. The molecule has 2 heteroatoms. The van der Waals surface area contributed by atoms with Crippen LogP contribution < -0.4 is 0 Å². The predicted octanol–water partition coefficient (Wildman–Crippen LogP) is 5.11.